The van der Waals surface area contributed by atoms with Gasteiger partial charge in [0.25, 0.3) is 0 Å². The summed E-state index contributed by atoms with van der Waals surface area (Å²) in [5.74, 6) is -1.40. The van der Waals surface area contributed by atoms with Crippen molar-refractivity contribution in [2.45, 2.75) is 25.8 Å². The molecule has 0 saturated carbocycles. The SMILES string of the molecule is Cc1cccc(NC(=O)C2CSCN2C(=O)CCc2cccc(F)c2F)c1. The second kappa shape index (κ2) is 8.52. The molecule has 1 N–H and O–H groups in total. The molecule has 0 bridgehead atoms. The van der Waals surface area contributed by atoms with E-state index >= 15 is 0 Å². The van der Waals surface area contributed by atoms with Gasteiger partial charge in [-0.2, -0.15) is 0 Å². The molecule has 2 aromatic rings. The van der Waals surface area contributed by atoms with Gasteiger partial charge in [0.15, 0.2) is 11.6 Å². The first-order valence-corrected chi connectivity index (χ1v) is 9.79. The quantitative estimate of drug-likeness (QED) is 0.846. The van der Waals surface area contributed by atoms with Gasteiger partial charge in [0.05, 0.1) is 5.88 Å². The van der Waals surface area contributed by atoms with Crippen molar-refractivity contribution < 1.29 is 18.4 Å². The zero-order valence-corrected chi connectivity index (χ0v) is 15.7. The maximum atomic E-state index is 13.7. The highest BCUT2D eigenvalue weighted by Gasteiger charge is 2.34. The lowest BCUT2D eigenvalue weighted by molar-refractivity contribution is -0.136. The molecule has 1 aliphatic heterocycles. The number of amides is 2. The summed E-state index contributed by atoms with van der Waals surface area (Å²) in [7, 11) is 0. The molecule has 0 aliphatic carbocycles. The Hall–Kier alpha value is -2.41. The molecule has 1 saturated heterocycles. The van der Waals surface area contributed by atoms with E-state index in [4.69, 9.17) is 0 Å². The predicted molar refractivity (Wildman–Crippen MR) is 102 cm³/mol. The van der Waals surface area contributed by atoms with E-state index in [0.29, 0.717) is 17.3 Å². The van der Waals surface area contributed by atoms with Crippen LogP contribution in [0.4, 0.5) is 14.5 Å². The first kappa shape index (κ1) is 19.4. The number of thioether (sulfide) groups is 1. The second-order valence-electron chi connectivity index (χ2n) is 6.45. The van der Waals surface area contributed by atoms with E-state index in [1.165, 1.54) is 28.8 Å². The minimum absolute atomic E-state index is 0.0230. The van der Waals surface area contributed by atoms with Gasteiger partial charge in [-0.3, -0.25) is 9.59 Å². The standard InChI is InChI=1S/C20H20F2N2O2S/c1-13-4-2-6-15(10-13)23-20(26)17-11-27-12-24(17)18(25)9-8-14-5-3-7-16(21)19(14)22/h2-7,10,17H,8-9,11-12H2,1H3,(H,23,26). The van der Waals surface area contributed by atoms with Crippen LogP contribution in [0, 0.1) is 18.6 Å². The van der Waals surface area contributed by atoms with Gasteiger partial charge in [-0.1, -0.05) is 24.3 Å². The third-order valence-electron chi connectivity index (χ3n) is 4.43. The van der Waals surface area contributed by atoms with Crippen molar-refractivity contribution in [2.75, 3.05) is 16.9 Å². The van der Waals surface area contributed by atoms with Crippen LogP contribution in [0.3, 0.4) is 0 Å². The first-order chi connectivity index (χ1) is 13.0. The molecule has 0 aromatic heterocycles. The van der Waals surface area contributed by atoms with Gasteiger partial charge in [0.1, 0.15) is 6.04 Å². The molecule has 0 spiro atoms. The zero-order valence-electron chi connectivity index (χ0n) is 14.9. The summed E-state index contributed by atoms with van der Waals surface area (Å²) < 4.78 is 27.0. The van der Waals surface area contributed by atoms with Crippen LogP contribution in [0.15, 0.2) is 42.5 Å². The van der Waals surface area contributed by atoms with E-state index in [1.807, 2.05) is 25.1 Å². The lowest BCUT2D eigenvalue weighted by Gasteiger charge is -2.23. The summed E-state index contributed by atoms with van der Waals surface area (Å²) >= 11 is 1.50. The van der Waals surface area contributed by atoms with Crippen molar-refractivity contribution in [1.29, 1.82) is 0 Å². The second-order valence-corrected chi connectivity index (χ2v) is 7.45. The average molecular weight is 390 g/mol. The largest absolute Gasteiger partial charge is 0.324 e. The number of carbonyl (C=O) groups excluding carboxylic acids is 2. The van der Waals surface area contributed by atoms with Crippen LogP contribution < -0.4 is 5.32 Å². The topological polar surface area (TPSA) is 49.4 Å². The molecule has 27 heavy (non-hydrogen) atoms. The number of nitrogens with zero attached hydrogens (tertiary/aromatic N) is 1. The Balaban J connectivity index is 1.62. The van der Waals surface area contributed by atoms with E-state index in [9.17, 15) is 18.4 Å². The van der Waals surface area contributed by atoms with Crippen LogP contribution in [-0.4, -0.2) is 34.4 Å². The number of anilines is 1. The highest BCUT2D eigenvalue weighted by molar-refractivity contribution is 7.99. The lowest BCUT2D eigenvalue weighted by atomic mass is 10.1. The summed E-state index contributed by atoms with van der Waals surface area (Å²) in [5.41, 5.74) is 1.88. The minimum atomic E-state index is -0.924. The molecule has 2 amide bonds. The Bertz CT molecular complexity index is 860. The molecule has 1 atom stereocenters. The van der Waals surface area contributed by atoms with Crippen molar-refractivity contribution in [3.05, 3.63) is 65.2 Å². The number of halogens is 2. The van der Waals surface area contributed by atoms with Crippen molar-refractivity contribution >= 4 is 29.3 Å². The number of rotatable bonds is 5. The molecule has 1 unspecified atom stereocenters. The maximum absolute atomic E-state index is 13.7. The van der Waals surface area contributed by atoms with Gasteiger partial charge in [-0.15, -0.1) is 11.8 Å². The third-order valence-corrected chi connectivity index (χ3v) is 5.44. The van der Waals surface area contributed by atoms with E-state index in [2.05, 4.69) is 5.32 Å². The van der Waals surface area contributed by atoms with Gasteiger partial charge in [0, 0.05) is 17.9 Å². The zero-order chi connectivity index (χ0) is 19.4. The van der Waals surface area contributed by atoms with Crippen LogP contribution in [0.5, 0.6) is 0 Å². The van der Waals surface area contributed by atoms with Crippen molar-refractivity contribution in [1.82, 2.24) is 4.90 Å². The molecular weight excluding hydrogens is 370 g/mol. The molecule has 0 radical (unpaired) electrons. The van der Waals surface area contributed by atoms with Gasteiger partial charge < -0.3 is 10.2 Å². The fraction of sp³-hybridized carbons (Fsp3) is 0.300. The van der Waals surface area contributed by atoms with Crippen LogP contribution >= 0.6 is 11.8 Å². The molecule has 4 nitrogen and oxygen atoms in total. The Morgan fingerprint density at radius 2 is 2.00 bits per heavy atom. The Morgan fingerprint density at radius 3 is 2.78 bits per heavy atom. The number of hydrogen-bond acceptors (Lipinski definition) is 3. The van der Waals surface area contributed by atoms with Gasteiger partial charge in [-0.05, 0) is 42.7 Å². The van der Waals surface area contributed by atoms with E-state index in [0.717, 1.165) is 11.6 Å². The normalized spacial score (nSPS) is 16.4. The van der Waals surface area contributed by atoms with Crippen molar-refractivity contribution in [3.63, 3.8) is 0 Å². The molecule has 1 fully saturated rings. The number of hydrogen-bond donors (Lipinski definition) is 1. The summed E-state index contributed by atoms with van der Waals surface area (Å²) in [6, 6.07) is 10.8. The molecule has 3 rings (SSSR count). The molecule has 2 aromatic carbocycles. The predicted octanol–water partition coefficient (Wildman–Crippen LogP) is 3.75. The molecule has 142 valence electrons. The van der Waals surface area contributed by atoms with E-state index in [1.54, 1.807) is 6.07 Å². The third kappa shape index (κ3) is 4.66. The number of carbonyl (C=O) groups is 2. The Kier molecular flexibility index (Phi) is 6.11. The smallest absolute Gasteiger partial charge is 0.248 e. The number of benzene rings is 2. The van der Waals surface area contributed by atoms with Crippen molar-refractivity contribution in [2.24, 2.45) is 0 Å². The van der Waals surface area contributed by atoms with Gasteiger partial charge >= 0.3 is 0 Å². The number of aryl methyl sites for hydroxylation is 2. The highest BCUT2D eigenvalue weighted by Crippen LogP contribution is 2.24. The molecule has 1 aliphatic rings. The van der Waals surface area contributed by atoms with Gasteiger partial charge in [-0.25, -0.2) is 8.78 Å². The Morgan fingerprint density at radius 1 is 1.22 bits per heavy atom. The Labute approximate surface area is 160 Å². The minimum Gasteiger partial charge on any atom is -0.324 e. The summed E-state index contributed by atoms with van der Waals surface area (Å²) in [6.45, 7) is 1.93. The van der Waals surface area contributed by atoms with Gasteiger partial charge in [0.2, 0.25) is 11.8 Å². The fourth-order valence-electron chi connectivity index (χ4n) is 2.98. The first-order valence-electron chi connectivity index (χ1n) is 8.63. The lowest BCUT2D eigenvalue weighted by Crippen LogP contribution is -2.44. The van der Waals surface area contributed by atoms with Crippen LogP contribution in [0.2, 0.25) is 0 Å². The van der Waals surface area contributed by atoms with E-state index < -0.39 is 17.7 Å². The summed E-state index contributed by atoms with van der Waals surface area (Å²) in [4.78, 5) is 26.6. The van der Waals surface area contributed by atoms with Crippen molar-refractivity contribution in [3.8, 4) is 0 Å². The van der Waals surface area contributed by atoms with Crippen LogP contribution in [0.25, 0.3) is 0 Å². The highest BCUT2D eigenvalue weighted by atomic mass is 32.2. The number of nitrogens with one attached hydrogen (secondary N) is 1. The van der Waals surface area contributed by atoms with E-state index in [-0.39, 0.29) is 30.2 Å². The molecule has 1 heterocycles. The summed E-state index contributed by atoms with van der Waals surface area (Å²) in [6.07, 6.45) is 0.116. The summed E-state index contributed by atoms with van der Waals surface area (Å²) in [5, 5.41) is 2.84. The molecule has 7 heteroatoms. The van der Waals surface area contributed by atoms with Crippen LogP contribution in [-0.2, 0) is 16.0 Å². The van der Waals surface area contributed by atoms with Crippen LogP contribution in [0.1, 0.15) is 17.5 Å². The average Bonchev–Trinajstić information content (AvgIpc) is 3.13. The molecular formula is C20H20F2N2O2S. The monoisotopic (exact) mass is 390 g/mol. The maximum Gasteiger partial charge on any atom is 0.248 e. The fourth-order valence-corrected chi connectivity index (χ4v) is 4.16.